The van der Waals surface area contributed by atoms with Crippen molar-refractivity contribution < 1.29 is 19.6 Å². The van der Waals surface area contributed by atoms with Crippen molar-refractivity contribution in [2.45, 2.75) is 13.3 Å². The number of aryl methyl sites for hydroxylation is 1. The number of hydrogen-bond donors (Lipinski definition) is 2. The molecule has 1 rings (SSSR count). The van der Waals surface area contributed by atoms with Crippen LogP contribution in [-0.4, -0.2) is 40.0 Å². The van der Waals surface area contributed by atoms with Gasteiger partial charge in [-0.3, -0.25) is 19.7 Å². The second-order valence-electron chi connectivity index (χ2n) is 4.16. The first-order chi connectivity index (χ1) is 9.95. The van der Waals surface area contributed by atoms with E-state index in [4.69, 9.17) is 5.11 Å². The van der Waals surface area contributed by atoms with Gasteiger partial charge >= 0.3 is 5.97 Å². The highest BCUT2D eigenvalue weighted by Crippen LogP contribution is 2.20. The van der Waals surface area contributed by atoms with Crippen molar-refractivity contribution in [2.24, 2.45) is 0 Å². The molecule has 0 saturated heterocycles. The van der Waals surface area contributed by atoms with E-state index in [-0.39, 0.29) is 17.0 Å². The third-order valence-electron chi connectivity index (χ3n) is 2.68. The van der Waals surface area contributed by atoms with Crippen molar-refractivity contribution in [1.29, 1.82) is 0 Å². The molecule has 21 heavy (non-hydrogen) atoms. The zero-order chi connectivity index (χ0) is 15.8. The monoisotopic (exact) mass is 312 g/mol. The molecule has 0 aliphatic heterocycles. The summed E-state index contributed by atoms with van der Waals surface area (Å²) in [6.45, 7) is 2.11. The van der Waals surface area contributed by atoms with Gasteiger partial charge in [-0.05, 0) is 12.5 Å². The summed E-state index contributed by atoms with van der Waals surface area (Å²) in [6.07, 6.45) is 0.518. The summed E-state index contributed by atoms with van der Waals surface area (Å²) in [5.41, 5.74) is 0.737. The number of hydrogen-bond acceptors (Lipinski definition) is 5. The molecule has 0 heterocycles. The summed E-state index contributed by atoms with van der Waals surface area (Å²) in [6, 6.07) is 4.39. The van der Waals surface area contributed by atoms with E-state index < -0.39 is 16.8 Å². The standard InChI is InChI=1S/C13H16N2O5S/c1-2-9-3-4-10(7-11(9)15(19)20)13(18)14-5-6-21-8-12(16)17/h3-4,7H,2,5-6,8H2,1H3,(H,14,18)(H,16,17). The minimum Gasteiger partial charge on any atom is -0.481 e. The Morgan fingerprint density at radius 1 is 1.43 bits per heavy atom. The quantitative estimate of drug-likeness (QED) is 0.429. The Labute approximate surface area is 125 Å². The highest BCUT2D eigenvalue weighted by molar-refractivity contribution is 7.99. The molecule has 0 aromatic heterocycles. The molecule has 0 saturated carbocycles. The fourth-order valence-corrected chi connectivity index (χ4v) is 2.24. The fourth-order valence-electron chi connectivity index (χ4n) is 1.67. The van der Waals surface area contributed by atoms with Gasteiger partial charge in [0.05, 0.1) is 10.7 Å². The summed E-state index contributed by atoms with van der Waals surface area (Å²) in [7, 11) is 0. The number of thioether (sulfide) groups is 1. The van der Waals surface area contributed by atoms with Crippen LogP contribution in [0.15, 0.2) is 18.2 Å². The van der Waals surface area contributed by atoms with E-state index in [9.17, 15) is 19.7 Å². The molecule has 1 amide bonds. The van der Waals surface area contributed by atoms with Crippen molar-refractivity contribution in [3.63, 3.8) is 0 Å². The van der Waals surface area contributed by atoms with Gasteiger partial charge in [-0.2, -0.15) is 0 Å². The zero-order valence-electron chi connectivity index (χ0n) is 11.5. The maximum atomic E-state index is 11.9. The van der Waals surface area contributed by atoms with Crippen LogP contribution >= 0.6 is 11.8 Å². The number of nitro groups is 1. The van der Waals surface area contributed by atoms with Gasteiger partial charge in [-0.1, -0.05) is 13.0 Å². The Kier molecular flexibility index (Phi) is 6.67. The highest BCUT2D eigenvalue weighted by atomic mass is 32.2. The largest absolute Gasteiger partial charge is 0.481 e. The maximum absolute atomic E-state index is 11.9. The van der Waals surface area contributed by atoms with E-state index in [2.05, 4.69) is 5.32 Å². The third kappa shape index (κ3) is 5.42. The van der Waals surface area contributed by atoms with E-state index in [0.29, 0.717) is 24.3 Å². The zero-order valence-corrected chi connectivity index (χ0v) is 12.3. The Morgan fingerprint density at radius 3 is 2.71 bits per heavy atom. The number of rotatable bonds is 8. The smallest absolute Gasteiger partial charge is 0.313 e. The van der Waals surface area contributed by atoms with E-state index >= 15 is 0 Å². The summed E-state index contributed by atoms with van der Waals surface area (Å²) in [4.78, 5) is 32.6. The van der Waals surface area contributed by atoms with Gasteiger partial charge in [0.15, 0.2) is 0 Å². The molecule has 8 heteroatoms. The average molecular weight is 312 g/mol. The molecular weight excluding hydrogens is 296 g/mol. The molecule has 0 spiro atoms. The minimum atomic E-state index is -0.905. The van der Waals surface area contributed by atoms with Gasteiger partial charge in [-0.25, -0.2) is 0 Å². The van der Waals surface area contributed by atoms with Gasteiger partial charge < -0.3 is 10.4 Å². The van der Waals surface area contributed by atoms with E-state index in [1.54, 1.807) is 12.1 Å². The molecule has 1 aromatic rings. The first-order valence-electron chi connectivity index (χ1n) is 6.30. The lowest BCUT2D eigenvalue weighted by molar-refractivity contribution is -0.385. The normalized spacial score (nSPS) is 10.1. The predicted octanol–water partition coefficient (Wildman–Crippen LogP) is 1.70. The number of nitrogens with zero attached hydrogens (tertiary/aromatic N) is 1. The number of carbonyl (C=O) groups is 2. The lowest BCUT2D eigenvalue weighted by atomic mass is 10.1. The molecule has 0 aliphatic carbocycles. The average Bonchev–Trinajstić information content (AvgIpc) is 2.45. The first kappa shape index (κ1) is 17.0. The van der Waals surface area contributed by atoms with Crippen LogP contribution in [0.1, 0.15) is 22.8 Å². The molecule has 0 atom stereocenters. The molecule has 7 nitrogen and oxygen atoms in total. The van der Waals surface area contributed by atoms with Crippen LogP contribution in [0.2, 0.25) is 0 Å². The lowest BCUT2D eigenvalue weighted by Gasteiger charge is -2.06. The van der Waals surface area contributed by atoms with Crippen LogP contribution in [0.4, 0.5) is 5.69 Å². The van der Waals surface area contributed by atoms with Gasteiger partial charge in [0.1, 0.15) is 0 Å². The molecular formula is C13H16N2O5S. The molecule has 0 unspecified atom stereocenters. The molecule has 0 radical (unpaired) electrons. The van der Waals surface area contributed by atoms with E-state index in [1.807, 2.05) is 6.92 Å². The predicted molar refractivity (Wildman–Crippen MR) is 79.8 cm³/mol. The highest BCUT2D eigenvalue weighted by Gasteiger charge is 2.16. The van der Waals surface area contributed by atoms with Crippen LogP contribution in [0.3, 0.4) is 0 Å². The summed E-state index contributed by atoms with van der Waals surface area (Å²) >= 11 is 1.19. The summed E-state index contributed by atoms with van der Waals surface area (Å²) in [5.74, 6) is -0.867. The SMILES string of the molecule is CCc1ccc(C(=O)NCCSCC(=O)O)cc1[N+](=O)[O-]. The molecule has 0 bridgehead atoms. The van der Waals surface area contributed by atoms with Crippen molar-refractivity contribution in [3.8, 4) is 0 Å². The second kappa shape index (κ2) is 8.25. The number of nitrogens with one attached hydrogen (secondary N) is 1. The van der Waals surface area contributed by atoms with Crippen molar-refractivity contribution in [3.05, 3.63) is 39.4 Å². The number of carboxylic acid groups (broad SMARTS) is 1. The fraction of sp³-hybridized carbons (Fsp3) is 0.385. The molecule has 0 fully saturated rings. The van der Waals surface area contributed by atoms with Gasteiger partial charge in [0, 0.05) is 29.5 Å². The Hall–Kier alpha value is -2.09. The van der Waals surface area contributed by atoms with Crippen LogP contribution < -0.4 is 5.32 Å². The molecule has 2 N–H and O–H groups in total. The van der Waals surface area contributed by atoms with Gasteiger partial charge in [-0.15, -0.1) is 11.8 Å². The number of benzene rings is 1. The van der Waals surface area contributed by atoms with Gasteiger partial charge in [0.2, 0.25) is 0 Å². The molecule has 114 valence electrons. The first-order valence-corrected chi connectivity index (χ1v) is 7.46. The van der Waals surface area contributed by atoms with Crippen molar-refractivity contribution in [2.75, 3.05) is 18.1 Å². The number of amides is 1. The number of carbonyl (C=O) groups excluding carboxylic acids is 1. The molecule has 0 aliphatic rings. The van der Waals surface area contributed by atoms with E-state index in [0.717, 1.165) is 0 Å². The number of nitro benzene ring substituents is 1. The molecule has 1 aromatic carbocycles. The van der Waals surface area contributed by atoms with Crippen LogP contribution in [0, 0.1) is 10.1 Å². The summed E-state index contributed by atoms with van der Waals surface area (Å²) < 4.78 is 0. The number of carboxylic acids is 1. The minimum absolute atomic E-state index is 0.0213. The summed E-state index contributed by atoms with van der Waals surface area (Å²) in [5, 5.41) is 22.0. The lowest BCUT2D eigenvalue weighted by Crippen LogP contribution is -2.26. The van der Waals surface area contributed by atoms with Crippen LogP contribution in [0.25, 0.3) is 0 Å². The Bertz CT molecular complexity index is 547. The van der Waals surface area contributed by atoms with E-state index in [1.165, 1.54) is 17.8 Å². The third-order valence-corrected chi connectivity index (χ3v) is 3.63. The van der Waals surface area contributed by atoms with Crippen molar-refractivity contribution in [1.82, 2.24) is 5.32 Å². The van der Waals surface area contributed by atoms with Gasteiger partial charge in [0.25, 0.3) is 11.6 Å². The van der Waals surface area contributed by atoms with Crippen LogP contribution in [-0.2, 0) is 11.2 Å². The van der Waals surface area contributed by atoms with Crippen molar-refractivity contribution >= 4 is 29.3 Å². The van der Waals surface area contributed by atoms with Crippen LogP contribution in [0.5, 0.6) is 0 Å². The topological polar surface area (TPSA) is 110 Å². The second-order valence-corrected chi connectivity index (χ2v) is 5.26. The number of aliphatic carboxylic acids is 1. The Morgan fingerprint density at radius 2 is 2.14 bits per heavy atom. The maximum Gasteiger partial charge on any atom is 0.313 e. The Balaban J connectivity index is 2.60.